The Labute approximate surface area is 132 Å². The van der Waals surface area contributed by atoms with Gasteiger partial charge in [-0.25, -0.2) is 0 Å². The van der Waals surface area contributed by atoms with Crippen molar-refractivity contribution in [1.82, 2.24) is 0 Å². The zero-order chi connectivity index (χ0) is 16.8. The predicted octanol–water partition coefficient (Wildman–Crippen LogP) is 0.984. The number of nitrogens with two attached hydrogens (primary N) is 1. The Kier molecular flexibility index (Phi) is 3.50. The highest BCUT2D eigenvalue weighted by atomic mass is 16.7. The number of carbonyl (C=O) groups excluding carboxylic acids is 3. The van der Waals surface area contributed by atoms with Crippen LogP contribution < -0.4 is 10.5 Å². The third-order valence-corrected chi connectivity index (χ3v) is 3.80. The summed E-state index contributed by atoms with van der Waals surface area (Å²) < 4.78 is 15.6. The van der Waals surface area contributed by atoms with E-state index in [4.69, 9.17) is 19.9 Å². The molecule has 1 fully saturated rings. The number of cyclic esters (lactones) is 2. The second-order valence-corrected chi connectivity index (χ2v) is 6.09. The molecule has 0 radical (unpaired) electrons. The number of anilines is 1. The van der Waals surface area contributed by atoms with Gasteiger partial charge in [-0.1, -0.05) is 0 Å². The highest BCUT2D eigenvalue weighted by Crippen LogP contribution is 2.32. The second-order valence-electron chi connectivity index (χ2n) is 6.09. The van der Waals surface area contributed by atoms with Crippen LogP contribution in [0.1, 0.15) is 25.8 Å². The molecule has 23 heavy (non-hydrogen) atoms. The molecule has 1 aromatic rings. The van der Waals surface area contributed by atoms with Gasteiger partial charge in [-0.2, -0.15) is 0 Å². The van der Waals surface area contributed by atoms with Crippen LogP contribution in [0.15, 0.2) is 18.2 Å². The molecule has 1 unspecified atom stereocenters. The molecule has 0 saturated carbocycles. The number of nitrogen functional groups attached to an aromatic ring is 1. The summed E-state index contributed by atoms with van der Waals surface area (Å²) in [6.07, 6.45) is 0.0342. The average molecular weight is 319 g/mol. The lowest BCUT2D eigenvalue weighted by Gasteiger charge is -2.34. The van der Waals surface area contributed by atoms with Crippen molar-refractivity contribution in [3.05, 3.63) is 23.8 Å². The van der Waals surface area contributed by atoms with Crippen molar-refractivity contribution in [3.63, 3.8) is 0 Å². The fraction of sp³-hybridized carbons (Fsp3) is 0.438. The Balaban J connectivity index is 1.78. The zero-order valence-corrected chi connectivity index (χ0v) is 12.8. The van der Waals surface area contributed by atoms with Crippen LogP contribution in [0.4, 0.5) is 5.69 Å². The summed E-state index contributed by atoms with van der Waals surface area (Å²) in [6.45, 7) is 2.86. The summed E-state index contributed by atoms with van der Waals surface area (Å²) in [6, 6.07) is 5.11. The molecule has 1 saturated heterocycles. The minimum atomic E-state index is -1.59. The Morgan fingerprint density at radius 1 is 1.22 bits per heavy atom. The molecule has 2 N–H and O–H groups in total. The maximum absolute atomic E-state index is 12.5. The number of ether oxygens (including phenoxy) is 3. The monoisotopic (exact) mass is 319 g/mol. The number of aryl methyl sites for hydroxylation is 1. The van der Waals surface area contributed by atoms with E-state index in [1.807, 2.05) is 0 Å². The first-order valence-electron chi connectivity index (χ1n) is 7.31. The third-order valence-electron chi connectivity index (χ3n) is 3.80. The van der Waals surface area contributed by atoms with Gasteiger partial charge in [-0.15, -0.1) is 0 Å². The van der Waals surface area contributed by atoms with E-state index in [9.17, 15) is 14.4 Å². The Morgan fingerprint density at radius 3 is 2.52 bits per heavy atom. The van der Waals surface area contributed by atoms with E-state index in [-0.39, 0.29) is 0 Å². The molecule has 2 aliphatic heterocycles. The first kappa shape index (κ1) is 15.3. The van der Waals surface area contributed by atoms with Crippen molar-refractivity contribution >= 4 is 23.4 Å². The van der Waals surface area contributed by atoms with Crippen LogP contribution in [-0.4, -0.2) is 29.6 Å². The van der Waals surface area contributed by atoms with Crippen LogP contribution in [0, 0.1) is 5.92 Å². The molecule has 0 aromatic heterocycles. The molecule has 0 spiro atoms. The third kappa shape index (κ3) is 2.86. The van der Waals surface area contributed by atoms with Crippen molar-refractivity contribution < 1.29 is 28.6 Å². The lowest BCUT2D eigenvalue weighted by Crippen LogP contribution is -2.52. The van der Waals surface area contributed by atoms with Crippen molar-refractivity contribution in [1.29, 1.82) is 0 Å². The van der Waals surface area contributed by atoms with Gasteiger partial charge < -0.3 is 19.9 Å². The van der Waals surface area contributed by atoms with Gasteiger partial charge in [0.15, 0.2) is 11.9 Å². The number of ketones is 1. The number of Topliss-reactive ketones (excluding diaryl/α,β-unsaturated/α-hetero) is 1. The van der Waals surface area contributed by atoms with Gasteiger partial charge in [0.25, 0.3) is 5.79 Å². The smallest absolute Gasteiger partial charge is 0.331 e. The molecular weight excluding hydrogens is 302 g/mol. The van der Waals surface area contributed by atoms with Crippen LogP contribution in [-0.2, 0) is 30.3 Å². The van der Waals surface area contributed by atoms with E-state index in [0.29, 0.717) is 24.3 Å². The maximum Gasteiger partial charge on any atom is 0.331 e. The largest absolute Gasteiger partial charge is 0.482 e. The van der Waals surface area contributed by atoms with Gasteiger partial charge in [-0.3, -0.25) is 14.4 Å². The van der Waals surface area contributed by atoms with E-state index >= 15 is 0 Å². The zero-order valence-electron chi connectivity index (χ0n) is 12.8. The predicted molar refractivity (Wildman–Crippen MR) is 78.4 cm³/mol. The number of benzene rings is 1. The molecule has 0 bridgehead atoms. The minimum absolute atomic E-state index is 0.357. The number of hydrogen-bond acceptors (Lipinski definition) is 7. The summed E-state index contributed by atoms with van der Waals surface area (Å²) in [5.74, 6) is -4.86. The molecule has 2 aliphatic rings. The van der Waals surface area contributed by atoms with Gasteiger partial charge in [0.2, 0.25) is 5.92 Å². The highest BCUT2D eigenvalue weighted by Gasteiger charge is 2.49. The first-order valence-corrected chi connectivity index (χ1v) is 7.31. The molecule has 7 heteroatoms. The molecule has 0 aliphatic carbocycles. The van der Waals surface area contributed by atoms with Crippen LogP contribution in [0.2, 0.25) is 0 Å². The number of esters is 2. The normalized spacial score (nSPS) is 23.3. The summed E-state index contributed by atoms with van der Waals surface area (Å²) in [4.78, 5) is 36.5. The van der Waals surface area contributed by atoms with Gasteiger partial charge in [0, 0.05) is 19.5 Å². The molecule has 0 amide bonds. The van der Waals surface area contributed by atoms with E-state index in [1.54, 1.807) is 18.2 Å². The van der Waals surface area contributed by atoms with Crippen LogP contribution in [0.25, 0.3) is 0 Å². The molecule has 1 aromatic carbocycles. The quantitative estimate of drug-likeness (QED) is 0.492. The summed E-state index contributed by atoms with van der Waals surface area (Å²) in [7, 11) is 0. The van der Waals surface area contributed by atoms with E-state index in [0.717, 1.165) is 5.56 Å². The first-order chi connectivity index (χ1) is 10.8. The lowest BCUT2D eigenvalue weighted by atomic mass is 9.92. The van der Waals surface area contributed by atoms with Gasteiger partial charge in [0.1, 0.15) is 5.75 Å². The van der Waals surface area contributed by atoms with E-state index in [2.05, 4.69) is 0 Å². The van der Waals surface area contributed by atoms with Crippen molar-refractivity contribution in [3.8, 4) is 5.75 Å². The Hall–Kier alpha value is -2.57. The van der Waals surface area contributed by atoms with Crippen molar-refractivity contribution in [2.75, 3.05) is 5.73 Å². The van der Waals surface area contributed by atoms with Gasteiger partial charge in [0.05, 0.1) is 0 Å². The average Bonchev–Trinajstić information content (AvgIpc) is 2.44. The van der Waals surface area contributed by atoms with Crippen LogP contribution in [0.5, 0.6) is 5.75 Å². The molecular formula is C16H17NO6. The number of fused-ring (bicyclic) bond motifs is 1. The van der Waals surface area contributed by atoms with Crippen molar-refractivity contribution in [2.24, 2.45) is 5.92 Å². The topological polar surface area (TPSA) is 105 Å². The lowest BCUT2D eigenvalue weighted by molar-refractivity contribution is -0.238. The van der Waals surface area contributed by atoms with Gasteiger partial charge >= 0.3 is 11.9 Å². The fourth-order valence-corrected chi connectivity index (χ4v) is 2.75. The maximum atomic E-state index is 12.5. The Bertz CT molecular complexity index is 676. The van der Waals surface area contributed by atoms with E-state index < -0.39 is 35.5 Å². The van der Waals surface area contributed by atoms with Crippen LogP contribution >= 0.6 is 0 Å². The number of hydrogen-bond donors (Lipinski definition) is 1. The van der Waals surface area contributed by atoms with Crippen LogP contribution in [0.3, 0.4) is 0 Å². The number of rotatable bonds is 2. The minimum Gasteiger partial charge on any atom is -0.482 e. The molecule has 122 valence electrons. The fourth-order valence-electron chi connectivity index (χ4n) is 2.75. The number of carbonyl (C=O) groups is 3. The van der Waals surface area contributed by atoms with Gasteiger partial charge in [-0.05, 0) is 36.6 Å². The standard InChI is InChI=1S/C16H17NO6/c1-16(2)22-14(19)12(15(20)23-16)13(18)11-5-3-8-7-9(17)4-6-10(8)21-11/h4,6-7,11-12H,3,5,17H2,1-2H3. The summed E-state index contributed by atoms with van der Waals surface area (Å²) >= 11 is 0. The Morgan fingerprint density at radius 2 is 1.87 bits per heavy atom. The van der Waals surface area contributed by atoms with E-state index in [1.165, 1.54) is 13.8 Å². The second kappa shape index (κ2) is 5.26. The molecule has 7 nitrogen and oxygen atoms in total. The molecule has 1 atom stereocenters. The summed E-state index contributed by atoms with van der Waals surface area (Å²) in [5, 5.41) is 0. The molecule has 2 heterocycles. The SMILES string of the molecule is CC1(C)OC(=O)C(C(=O)C2CCc3cc(N)ccc3O2)C(=O)O1. The highest BCUT2D eigenvalue weighted by molar-refractivity contribution is 6.17. The molecule has 3 rings (SSSR count). The summed E-state index contributed by atoms with van der Waals surface area (Å²) in [5.41, 5.74) is 7.21. The van der Waals surface area contributed by atoms with Crippen molar-refractivity contribution in [2.45, 2.75) is 38.6 Å².